The zero-order chi connectivity index (χ0) is 29.5. The summed E-state index contributed by atoms with van der Waals surface area (Å²) >= 11 is 0. The van der Waals surface area contributed by atoms with E-state index in [-0.39, 0.29) is 65.4 Å². The van der Waals surface area contributed by atoms with Gasteiger partial charge < -0.3 is 26.0 Å². The van der Waals surface area contributed by atoms with Crippen LogP contribution in [0.3, 0.4) is 0 Å². The topological polar surface area (TPSA) is 277 Å². The second-order valence-electron chi connectivity index (χ2n) is 8.19. The van der Waals surface area contributed by atoms with Crippen molar-refractivity contribution in [3.05, 3.63) is 20.9 Å². The number of carbonyl (C=O) groups is 5. The van der Waals surface area contributed by atoms with Crippen LogP contribution in [0.4, 0.5) is 0 Å². The molecule has 19 nitrogen and oxygen atoms in total. The summed E-state index contributed by atoms with van der Waals surface area (Å²) in [6.45, 7) is -0.918. The van der Waals surface area contributed by atoms with Gasteiger partial charge in [-0.2, -0.15) is 0 Å². The van der Waals surface area contributed by atoms with Gasteiger partial charge in [0.25, 0.3) is 0 Å². The highest BCUT2D eigenvalue weighted by Gasteiger charge is 2.19. The minimum absolute atomic E-state index is 0.0241. The number of rotatable bonds is 24. The molecular weight excluding hydrogens is 522 g/mol. The first-order valence-corrected chi connectivity index (χ1v) is 11.9. The van der Waals surface area contributed by atoms with Gasteiger partial charge in [0.05, 0.1) is 32.7 Å². The van der Waals surface area contributed by atoms with Gasteiger partial charge in [0, 0.05) is 62.2 Å². The molecule has 218 valence electrons. The number of hydrogen-bond acceptors (Lipinski definition) is 10. The molecule has 0 bridgehead atoms. The first kappa shape index (κ1) is 34.9. The third kappa shape index (κ3) is 21.6. The minimum atomic E-state index is -1.19. The molecule has 0 aromatic carbocycles. The Morgan fingerprint density at radius 2 is 0.923 bits per heavy atom. The highest BCUT2D eigenvalue weighted by Crippen LogP contribution is 1.98. The van der Waals surface area contributed by atoms with Gasteiger partial charge >= 0.3 is 17.9 Å². The van der Waals surface area contributed by atoms with Gasteiger partial charge in [0.15, 0.2) is 0 Å². The van der Waals surface area contributed by atoms with Crippen LogP contribution in [0.2, 0.25) is 0 Å². The lowest BCUT2D eigenvalue weighted by molar-refractivity contribution is -0.141. The number of hydrogen-bond donors (Lipinski definition) is 5. The van der Waals surface area contributed by atoms with Crippen LogP contribution in [-0.4, -0.2) is 145 Å². The number of aliphatic carboxylic acids is 3. The van der Waals surface area contributed by atoms with Crippen LogP contribution in [0.15, 0.2) is 10.2 Å². The van der Waals surface area contributed by atoms with Crippen LogP contribution in [-0.2, 0) is 24.0 Å². The van der Waals surface area contributed by atoms with Crippen molar-refractivity contribution in [2.45, 2.75) is 12.8 Å². The average Bonchev–Trinajstić information content (AvgIpc) is 2.84. The van der Waals surface area contributed by atoms with Gasteiger partial charge in [-0.15, -0.1) is 0 Å². The largest absolute Gasteiger partial charge is 0.480 e. The van der Waals surface area contributed by atoms with Crippen molar-refractivity contribution < 1.29 is 39.3 Å². The van der Waals surface area contributed by atoms with Gasteiger partial charge in [0.1, 0.15) is 0 Å². The third-order valence-corrected chi connectivity index (χ3v) is 4.92. The molecule has 19 heteroatoms. The molecule has 0 heterocycles. The maximum atomic E-state index is 12.2. The van der Waals surface area contributed by atoms with Crippen molar-refractivity contribution in [1.29, 1.82) is 0 Å². The van der Waals surface area contributed by atoms with Crippen molar-refractivity contribution >= 4 is 29.7 Å². The molecule has 39 heavy (non-hydrogen) atoms. The molecule has 0 radical (unpaired) electrons. The second kappa shape index (κ2) is 21.9. The molecular formula is C20H35N11O8. The predicted octanol–water partition coefficient (Wildman–Crippen LogP) is -1.22. The van der Waals surface area contributed by atoms with Crippen LogP contribution < -0.4 is 10.6 Å². The summed E-state index contributed by atoms with van der Waals surface area (Å²) in [5.74, 6) is -4.46. The lowest BCUT2D eigenvalue weighted by Gasteiger charge is -2.28. The lowest BCUT2D eigenvalue weighted by Crippen LogP contribution is -2.47. The Morgan fingerprint density at radius 3 is 1.26 bits per heavy atom. The van der Waals surface area contributed by atoms with E-state index in [0.29, 0.717) is 12.8 Å². The van der Waals surface area contributed by atoms with E-state index < -0.39 is 49.4 Å². The molecule has 0 saturated carbocycles. The maximum Gasteiger partial charge on any atom is 0.317 e. The molecule has 0 atom stereocenters. The Balaban J connectivity index is 5.00. The fourth-order valence-electron chi connectivity index (χ4n) is 3.20. The zero-order valence-corrected chi connectivity index (χ0v) is 21.5. The smallest absolute Gasteiger partial charge is 0.317 e. The highest BCUT2D eigenvalue weighted by atomic mass is 16.4. The maximum absolute atomic E-state index is 12.2. The molecule has 0 saturated heterocycles. The summed E-state index contributed by atoms with van der Waals surface area (Å²) < 4.78 is 0. The van der Waals surface area contributed by atoms with E-state index >= 15 is 0 Å². The summed E-state index contributed by atoms with van der Waals surface area (Å²) in [7, 11) is 0. The molecule has 0 aromatic heterocycles. The number of nitrogens with one attached hydrogen (secondary N) is 2. The van der Waals surface area contributed by atoms with E-state index in [1.54, 1.807) is 0 Å². The van der Waals surface area contributed by atoms with Crippen LogP contribution in [0, 0.1) is 0 Å². The number of azide groups is 2. The molecule has 0 spiro atoms. The zero-order valence-electron chi connectivity index (χ0n) is 21.5. The van der Waals surface area contributed by atoms with E-state index in [1.807, 2.05) is 0 Å². The second-order valence-corrected chi connectivity index (χ2v) is 8.19. The number of carbonyl (C=O) groups excluding carboxylic acids is 2. The Kier molecular flexibility index (Phi) is 19.6. The highest BCUT2D eigenvalue weighted by molar-refractivity contribution is 5.79. The van der Waals surface area contributed by atoms with E-state index in [0.717, 1.165) is 0 Å². The van der Waals surface area contributed by atoms with Crippen molar-refractivity contribution in [2.24, 2.45) is 10.2 Å². The van der Waals surface area contributed by atoms with Crippen molar-refractivity contribution in [2.75, 3.05) is 85.1 Å². The van der Waals surface area contributed by atoms with E-state index in [9.17, 15) is 39.3 Å². The van der Waals surface area contributed by atoms with Gasteiger partial charge in [-0.25, -0.2) is 0 Å². The summed E-state index contributed by atoms with van der Waals surface area (Å²) in [4.78, 5) is 67.4. The number of amides is 2. The van der Waals surface area contributed by atoms with Gasteiger partial charge in [-0.05, 0) is 23.9 Å². The standard InChI is InChI=1S/C20H35N11O8/c21-27-25-5-1-3-23-16(32)11-30(14-19(36)37)9-7-29(13-18(34)35)8-10-31(15-20(38)39)12-17(33)24-4-2-6-26-28-22/h1-15H2,(H,23,32)(H,24,33)(H,34,35)(H,36,37)(H,38,39). The van der Waals surface area contributed by atoms with Crippen LogP contribution in [0.5, 0.6) is 0 Å². The van der Waals surface area contributed by atoms with Crippen molar-refractivity contribution in [1.82, 2.24) is 25.3 Å². The minimum Gasteiger partial charge on any atom is -0.480 e. The molecule has 0 fully saturated rings. The fourth-order valence-corrected chi connectivity index (χ4v) is 3.20. The van der Waals surface area contributed by atoms with Crippen LogP contribution in [0.25, 0.3) is 20.9 Å². The first-order valence-electron chi connectivity index (χ1n) is 11.9. The van der Waals surface area contributed by atoms with Crippen LogP contribution >= 0.6 is 0 Å². The predicted molar refractivity (Wildman–Crippen MR) is 136 cm³/mol. The van der Waals surface area contributed by atoms with Crippen molar-refractivity contribution in [3.8, 4) is 0 Å². The van der Waals surface area contributed by atoms with E-state index in [1.165, 1.54) is 14.7 Å². The lowest BCUT2D eigenvalue weighted by atomic mass is 10.3. The molecule has 0 aliphatic rings. The first-order chi connectivity index (χ1) is 18.6. The van der Waals surface area contributed by atoms with Gasteiger partial charge in [0.2, 0.25) is 11.8 Å². The summed E-state index contributed by atoms with van der Waals surface area (Å²) in [6, 6.07) is 0. The number of nitrogens with zero attached hydrogens (tertiary/aromatic N) is 9. The Morgan fingerprint density at radius 1 is 0.590 bits per heavy atom. The van der Waals surface area contributed by atoms with Crippen LogP contribution in [0.1, 0.15) is 12.8 Å². The SMILES string of the molecule is [N-]=[N+]=NCCCNC(=O)CN(CCN(CCN(CC(=O)O)CC(=O)NCCCN=[N+]=[N-])CC(=O)O)CC(=O)O. The monoisotopic (exact) mass is 557 g/mol. The van der Waals surface area contributed by atoms with E-state index in [4.69, 9.17) is 11.1 Å². The fraction of sp³-hybridized carbons (Fsp3) is 0.750. The van der Waals surface area contributed by atoms with E-state index in [2.05, 4.69) is 30.7 Å². The Bertz CT molecular complexity index is 842. The molecule has 5 N–H and O–H groups in total. The molecule has 0 aliphatic carbocycles. The molecule has 0 aliphatic heterocycles. The molecule has 0 rings (SSSR count). The molecule has 0 aromatic rings. The van der Waals surface area contributed by atoms with Gasteiger partial charge in [-0.3, -0.25) is 38.7 Å². The summed E-state index contributed by atoms with van der Waals surface area (Å²) in [5.41, 5.74) is 16.5. The Labute approximate surface area is 224 Å². The molecule has 0 unspecified atom stereocenters. The van der Waals surface area contributed by atoms with Gasteiger partial charge in [-0.1, -0.05) is 10.2 Å². The summed E-state index contributed by atoms with van der Waals surface area (Å²) in [6.07, 6.45) is 0.809. The van der Waals surface area contributed by atoms with Crippen molar-refractivity contribution in [3.63, 3.8) is 0 Å². The quantitative estimate of drug-likeness (QED) is 0.0405. The number of carboxylic acid groups (broad SMARTS) is 3. The Hall–Kier alpha value is -4.15. The third-order valence-electron chi connectivity index (χ3n) is 4.92. The number of carboxylic acids is 3. The average molecular weight is 558 g/mol. The normalized spacial score (nSPS) is 10.5. The molecule has 2 amide bonds. The summed E-state index contributed by atoms with van der Waals surface area (Å²) in [5, 5.41) is 39.5.